The van der Waals surface area contributed by atoms with Crippen LogP contribution in [0.15, 0.2) is 43.1 Å². The predicted octanol–water partition coefficient (Wildman–Crippen LogP) is 2.72. The second-order valence-electron chi connectivity index (χ2n) is 5.53. The Morgan fingerprint density at radius 1 is 1.20 bits per heavy atom. The van der Waals surface area contributed by atoms with Crippen LogP contribution in [0, 0.1) is 0 Å². The molecule has 1 aliphatic heterocycles. The SMILES string of the molecule is c1ccc(CN2CCCC[C@@H]2CCn2ccnc2)nc1. The van der Waals surface area contributed by atoms with Crippen LogP contribution in [0.1, 0.15) is 31.4 Å². The molecule has 1 saturated heterocycles. The fourth-order valence-corrected chi connectivity index (χ4v) is 3.01. The molecular formula is C16H22N4. The van der Waals surface area contributed by atoms with Crippen LogP contribution in [0.25, 0.3) is 0 Å². The number of likely N-dealkylation sites (tertiary alicyclic amines) is 1. The van der Waals surface area contributed by atoms with E-state index in [-0.39, 0.29) is 0 Å². The molecule has 0 unspecified atom stereocenters. The molecule has 2 aromatic heterocycles. The highest BCUT2D eigenvalue weighted by atomic mass is 15.2. The number of nitrogens with zero attached hydrogens (tertiary/aromatic N) is 4. The van der Waals surface area contributed by atoms with E-state index in [0.29, 0.717) is 6.04 Å². The molecule has 0 aromatic carbocycles. The van der Waals surface area contributed by atoms with Crippen LogP contribution < -0.4 is 0 Å². The minimum absolute atomic E-state index is 0.674. The molecule has 1 aliphatic rings. The number of piperidine rings is 1. The minimum atomic E-state index is 0.674. The van der Waals surface area contributed by atoms with Gasteiger partial charge in [0.15, 0.2) is 0 Å². The normalized spacial score (nSPS) is 20.1. The summed E-state index contributed by atoms with van der Waals surface area (Å²) in [4.78, 5) is 11.2. The number of hydrogen-bond acceptors (Lipinski definition) is 3. The van der Waals surface area contributed by atoms with Crippen molar-refractivity contribution < 1.29 is 0 Å². The molecule has 4 nitrogen and oxygen atoms in total. The Morgan fingerprint density at radius 2 is 2.20 bits per heavy atom. The standard InChI is InChI=1S/C16H22N4/c1-3-8-18-15(5-1)13-20-10-4-2-6-16(20)7-11-19-12-9-17-14-19/h1,3,5,8-9,12,14,16H,2,4,6-7,10-11,13H2/t16-/m1/s1. The first kappa shape index (κ1) is 13.3. The molecule has 0 amide bonds. The average molecular weight is 270 g/mol. The van der Waals surface area contributed by atoms with Crippen molar-refractivity contribution in [2.45, 2.75) is 44.8 Å². The first-order chi connectivity index (χ1) is 9.92. The van der Waals surface area contributed by atoms with E-state index in [9.17, 15) is 0 Å². The summed E-state index contributed by atoms with van der Waals surface area (Å²) in [6, 6.07) is 6.86. The van der Waals surface area contributed by atoms with Crippen molar-refractivity contribution in [2.24, 2.45) is 0 Å². The molecule has 0 radical (unpaired) electrons. The zero-order valence-corrected chi connectivity index (χ0v) is 11.9. The van der Waals surface area contributed by atoms with Crippen LogP contribution >= 0.6 is 0 Å². The average Bonchev–Trinajstić information content (AvgIpc) is 3.01. The molecule has 4 heteroatoms. The highest BCUT2D eigenvalue weighted by Crippen LogP contribution is 2.22. The minimum Gasteiger partial charge on any atom is -0.337 e. The third-order valence-electron chi connectivity index (χ3n) is 4.12. The van der Waals surface area contributed by atoms with Gasteiger partial charge in [-0.15, -0.1) is 0 Å². The van der Waals surface area contributed by atoms with Gasteiger partial charge in [0.05, 0.1) is 12.0 Å². The molecular weight excluding hydrogens is 248 g/mol. The molecule has 0 N–H and O–H groups in total. The molecule has 0 bridgehead atoms. The second-order valence-corrected chi connectivity index (χ2v) is 5.53. The maximum absolute atomic E-state index is 4.46. The Labute approximate surface area is 120 Å². The van der Waals surface area contributed by atoms with Crippen LogP contribution in [-0.2, 0) is 13.1 Å². The Morgan fingerprint density at radius 3 is 3.00 bits per heavy atom. The van der Waals surface area contributed by atoms with E-state index in [1.807, 2.05) is 31.0 Å². The highest BCUT2D eigenvalue weighted by molar-refractivity contribution is 5.03. The van der Waals surface area contributed by atoms with Gasteiger partial charge in [0.2, 0.25) is 0 Å². The van der Waals surface area contributed by atoms with Crippen LogP contribution in [0.3, 0.4) is 0 Å². The van der Waals surface area contributed by atoms with Crippen molar-refractivity contribution in [3.63, 3.8) is 0 Å². The van der Waals surface area contributed by atoms with E-state index < -0.39 is 0 Å². The van der Waals surface area contributed by atoms with Crippen LogP contribution in [0.4, 0.5) is 0 Å². The molecule has 1 fully saturated rings. The molecule has 3 rings (SSSR count). The molecule has 0 spiro atoms. The molecule has 3 heterocycles. The van der Waals surface area contributed by atoms with Gasteiger partial charge in [0.25, 0.3) is 0 Å². The summed E-state index contributed by atoms with van der Waals surface area (Å²) in [5.74, 6) is 0. The fourth-order valence-electron chi connectivity index (χ4n) is 3.01. The smallest absolute Gasteiger partial charge is 0.0945 e. The lowest BCUT2D eigenvalue weighted by Gasteiger charge is -2.35. The van der Waals surface area contributed by atoms with E-state index >= 15 is 0 Å². The number of rotatable bonds is 5. The van der Waals surface area contributed by atoms with Crippen LogP contribution in [0.5, 0.6) is 0 Å². The third kappa shape index (κ3) is 3.45. The summed E-state index contributed by atoms with van der Waals surface area (Å²) in [6.07, 6.45) is 12.9. The van der Waals surface area contributed by atoms with Crippen LogP contribution in [-0.4, -0.2) is 32.0 Å². The lowest BCUT2D eigenvalue weighted by molar-refractivity contribution is 0.127. The summed E-state index contributed by atoms with van der Waals surface area (Å²) in [6.45, 7) is 3.24. The maximum Gasteiger partial charge on any atom is 0.0945 e. The van der Waals surface area contributed by atoms with Gasteiger partial charge < -0.3 is 4.57 Å². The Bertz CT molecular complexity index is 494. The van der Waals surface area contributed by atoms with Crippen molar-refractivity contribution in [1.82, 2.24) is 19.4 Å². The lowest BCUT2D eigenvalue weighted by Crippen LogP contribution is -2.39. The Kier molecular flexibility index (Phi) is 4.43. The summed E-state index contributed by atoms with van der Waals surface area (Å²) in [5.41, 5.74) is 1.18. The van der Waals surface area contributed by atoms with Crippen molar-refractivity contribution in [2.75, 3.05) is 6.54 Å². The van der Waals surface area contributed by atoms with Gasteiger partial charge in [-0.05, 0) is 37.9 Å². The van der Waals surface area contributed by atoms with Gasteiger partial charge >= 0.3 is 0 Å². The summed E-state index contributed by atoms with van der Waals surface area (Å²) in [7, 11) is 0. The number of hydrogen-bond donors (Lipinski definition) is 0. The zero-order chi connectivity index (χ0) is 13.6. The van der Waals surface area contributed by atoms with Gasteiger partial charge in [0, 0.05) is 37.7 Å². The van der Waals surface area contributed by atoms with E-state index in [4.69, 9.17) is 0 Å². The molecule has 0 aliphatic carbocycles. The summed E-state index contributed by atoms with van der Waals surface area (Å²) >= 11 is 0. The van der Waals surface area contributed by atoms with Gasteiger partial charge in [-0.25, -0.2) is 4.98 Å². The second kappa shape index (κ2) is 6.66. The Hall–Kier alpha value is -1.68. The lowest BCUT2D eigenvalue weighted by atomic mass is 9.99. The first-order valence-electron chi connectivity index (χ1n) is 7.51. The van der Waals surface area contributed by atoms with Crippen molar-refractivity contribution >= 4 is 0 Å². The topological polar surface area (TPSA) is 34.0 Å². The number of pyridine rings is 1. The quantitative estimate of drug-likeness (QED) is 0.837. The molecule has 1 atom stereocenters. The largest absolute Gasteiger partial charge is 0.337 e. The Balaban J connectivity index is 1.59. The predicted molar refractivity (Wildman–Crippen MR) is 79.1 cm³/mol. The van der Waals surface area contributed by atoms with Gasteiger partial charge in [-0.2, -0.15) is 0 Å². The number of aromatic nitrogens is 3. The number of aryl methyl sites for hydroxylation is 1. The van der Waals surface area contributed by atoms with Gasteiger partial charge in [0.1, 0.15) is 0 Å². The molecule has 106 valence electrons. The van der Waals surface area contributed by atoms with E-state index in [1.54, 1.807) is 0 Å². The fraction of sp³-hybridized carbons (Fsp3) is 0.500. The molecule has 2 aromatic rings. The summed E-state index contributed by atoms with van der Waals surface area (Å²) < 4.78 is 2.17. The third-order valence-corrected chi connectivity index (χ3v) is 4.12. The maximum atomic E-state index is 4.46. The molecule has 0 saturated carbocycles. The van der Waals surface area contributed by atoms with E-state index in [2.05, 4.69) is 31.6 Å². The zero-order valence-electron chi connectivity index (χ0n) is 11.9. The van der Waals surface area contributed by atoms with Gasteiger partial charge in [-0.3, -0.25) is 9.88 Å². The highest BCUT2D eigenvalue weighted by Gasteiger charge is 2.22. The number of imidazole rings is 1. The van der Waals surface area contributed by atoms with Gasteiger partial charge in [-0.1, -0.05) is 12.5 Å². The van der Waals surface area contributed by atoms with Crippen molar-refractivity contribution in [3.8, 4) is 0 Å². The molecule has 20 heavy (non-hydrogen) atoms. The van der Waals surface area contributed by atoms with Crippen molar-refractivity contribution in [1.29, 1.82) is 0 Å². The summed E-state index contributed by atoms with van der Waals surface area (Å²) in [5, 5.41) is 0. The van der Waals surface area contributed by atoms with E-state index in [1.165, 1.54) is 37.9 Å². The van der Waals surface area contributed by atoms with E-state index in [0.717, 1.165) is 13.1 Å². The van der Waals surface area contributed by atoms with Crippen molar-refractivity contribution in [3.05, 3.63) is 48.8 Å². The monoisotopic (exact) mass is 270 g/mol. The van der Waals surface area contributed by atoms with Crippen LogP contribution in [0.2, 0.25) is 0 Å². The first-order valence-corrected chi connectivity index (χ1v) is 7.51.